The Balaban J connectivity index is 1.61. The van der Waals surface area contributed by atoms with Crippen LogP contribution >= 0.6 is 11.6 Å². The Labute approximate surface area is 190 Å². The second kappa shape index (κ2) is 8.29. The first-order valence-corrected chi connectivity index (χ1v) is 10.5. The maximum Gasteiger partial charge on any atom is 0.289 e. The third kappa shape index (κ3) is 3.53. The molecule has 0 aliphatic heterocycles. The standard InChI is InChI=1S/C26H19ClN4O/c1-31-23-14-8-6-12-19(23)20-15-22(29-24(25(20)31)17-9-3-2-4-10-17)26(32)30-28-16-18-11-5-7-13-21(18)27/h2-16H,1H3,(H,30,32)/b28-16+. The number of rotatable bonds is 4. The molecule has 0 saturated heterocycles. The number of halogens is 1. The van der Waals surface area contributed by atoms with Gasteiger partial charge < -0.3 is 4.57 Å². The van der Waals surface area contributed by atoms with Crippen LogP contribution in [0.25, 0.3) is 33.1 Å². The highest BCUT2D eigenvalue weighted by Gasteiger charge is 2.18. The van der Waals surface area contributed by atoms with Crippen molar-refractivity contribution < 1.29 is 4.79 Å². The van der Waals surface area contributed by atoms with Gasteiger partial charge in [0.15, 0.2) is 0 Å². The summed E-state index contributed by atoms with van der Waals surface area (Å²) in [6, 6.07) is 27.1. The first-order chi connectivity index (χ1) is 15.6. The lowest BCUT2D eigenvalue weighted by molar-refractivity contribution is 0.0950. The average molecular weight is 439 g/mol. The number of fused-ring (bicyclic) bond motifs is 3. The second-order valence-corrected chi connectivity index (χ2v) is 7.82. The van der Waals surface area contributed by atoms with E-state index in [0.29, 0.717) is 10.7 Å². The summed E-state index contributed by atoms with van der Waals surface area (Å²) in [6.45, 7) is 0. The fourth-order valence-electron chi connectivity index (χ4n) is 3.91. The molecule has 5 aromatic rings. The highest BCUT2D eigenvalue weighted by molar-refractivity contribution is 6.33. The lowest BCUT2D eigenvalue weighted by Gasteiger charge is -2.09. The third-order valence-corrected chi connectivity index (χ3v) is 5.78. The number of hydrogen-bond acceptors (Lipinski definition) is 3. The summed E-state index contributed by atoms with van der Waals surface area (Å²) in [5, 5.41) is 6.67. The van der Waals surface area contributed by atoms with Gasteiger partial charge in [-0.05, 0) is 18.2 Å². The molecule has 0 fully saturated rings. The highest BCUT2D eigenvalue weighted by atomic mass is 35.5. The Hall–Kier alpha value is -3.96. The van der Waals surface area contributed by atoms with Crippen molar-refractivity contribution in [1.82, 2.24) is 15.0 Å². The maximum absolute atomic E-state index is 13.0. The predicted molar refractivity (Wildman–Crippen MR) is 130 cm³/mol. The Morgan fingerprint density at radius 1 is 0.969 bits per heavy atom. The largest absolute Gasteiger partial charge is 0.342 e. The van der Waals surface area contributed by atoms with E-state index in [0.717, 1.165) is 38.6 Å². The minimum atomic E-state index is -0.389. The number of carbonyl (C=O) groups is 1. The summed E-state index contributed by atoms with van der Waals surface area (Å²) in [6.07, 6.45) is 1.52. The normalized spacial score (nSPS) is 11.4. The van der Waals surface area contributed by atoms with E-state index in [-0.39, 0.29) is 5.91 Å². The van der Waals surface area contributed by atoms with Gasteiger partial charge in [-0.1, -0.05) is 78.3 Å². The van der Waals surface area contributed by atoms with E-state index in [1.54, 1.807) is 6.07 Å². The van der Waals surface area contributed by atoms with Crippen LogP contribution in [0.3, 0.4) is 0 Å². The van der Waals surface area contributed by atoms with Crippen LogP contribution in [0.1, 0.15) is 16.1 Å². The van der Waals surface area contributed by atoms with Crippen molar-refractivity contribution in [3.63, 3.8) is 0 Å². The van der Waals surface area contributed by atoms with Gasteiger partial charge in [0.25, 0.3) is 5.91 Å². The topological polar surface area (TPSA) is 59.3 Å². The fraction of sp³-hybridized carbons (Fsp3) is 0.0385. The van der Waals surface area contributed by atoms with Crippen LogP contribution in [0.5, 0.6) is 0 Å². The summed E-state index contributed by atoms with van der Waals surface area (Å²) in [4.78, 5) is 17.7. The molecular formula is C26H19ClN4O. The summed E-state index contributed by atoms with van der Waals surface area (Å²) >= 11 is 6.15. The Kier molecular flexibility index (Phi) is 5.17. The van der Waals surface area contributed by atoms with Crippen LogP contribution in [-0.4, -0.2) is 21.7 Å². The van der Waals surface area contributed by atoms with E-state index in [1.165, 1.54) is 6.21 Å². The smallest absolute Gasteiger partial charge is 0.289 e. The number of hydrazone groups is 1. The minimum absolute atomic E-state index is 0.295. The van der Waals surface area contributed by atoms with Crippen molar-refractivity contribution in [1.29, 1.82) is 0 Å². The molecule has 2 aromatic heterocycles. The van der Waals surface area contributed by atoms with Crippen LogP contribution < -0.4 is 5.43 Å². The molecule has 2 heterocycles. The SMILES string of the molecule is Cn1c2ccccc2c2cc(C(=O)N/N=C/c3ccccc3Cl)nc(-c3ccccc3)c21. The van der Waals surface area contributed by atoms with Gasteiger partial charge in [0, 0.05) is 39.5 Å². The number of benzene rings is 3. The van der Waals surface area contributed by atoms with Crippen molar-refractivity contribution >= 4 is 45.5 Å². The molecule has 0 aliphatic carbocycles. The first-order valence-electron chi connectivity index (χ1n) is 10.1. The Morgan fingerprint density at radius 3 is 2.50 bits per heavy atom. The summed E-state index contributed by atoms with van der Waals surface area (Å²) in [5.74, 6) is -0.389. The van der Waals surface area contributed by atoms with E-state index in [4.69, 9.17) is 16.6 Å². The number of nitrogens with zero attached hydrogens (tertiary/aromatic N) is 3. The van der Waals surface area contributed by atoms with Crippen molar-refractivity contribution in [2.75, 3.05) is 0 Å². The lowest BCUT2D eigenvalue weighted by Crippen LogP contribution is -2.19. The van der Waals surface area contributed by atoms with E-state index in [2.05, 4.69) is 27.2 Å². The second-order valence-electron chi connectivity index (χ2n) is 7.42. The Bertz CT molecular complexity index is 1490. The van der Waals surface area contributed by atoms with Crippen molar-refractivity contribution in [3.8, 4) is 11.3 Å². The Morgan fingerprint density at radius 2 is 1.69 bits per heavy atom. The minimum Gasteiger partial charge on any atom is -0.342 e. The van der Waals surface area contributed by atoms with E-state index >= 15 is 0 Å². The van der Waals surface area contributed by atoms with Gasteiger partial charge in [-0.3, -0.25) is 4.79 Å². The molecule has 156 valence electrons. The van der Waals surface area contributed by atoms with Gasteiger partial charge >= 0.3 is 0 Å². The van der Waals surface area contributed by atoms with Crippen molar-refractivity contribution in [2.45, 2.75) is 0 Å². The molecule has 0 radical (unpaired) electrons. The number of nitrogens with one attached hydrogen (secondary N) is 1. The van der Waals surface area contributed by atoms with E-state index < -0.39 is 0 Å². The summed E-state index contributed by atoms with van der Waals surface area (Å²) < 4.78 is 2.12. The molecule has 6 heteroatoms. The van der Waals surface area contributed by atoms with Gasteiger partial charge in [-0.15, -0.1) is 0 Å². The highest BCUT2D eigenvalue weighted by Crippen LogP contribution is 2.34. The quantitative estimate of drug-likeness (QED) is 0.284. The van der Waals surface area contributed by atoms with Crippen LogP contribution in [0.15, 0.2) is 90.0 Å². The molecule has 5 rings (SSSR count). The van der Waals surface area contributed by atoms with Gasteiger partial charge in [0.1, 0.15) is 5.69 Å². The molecule has 0 saturated carbocycles. The molecule has 1 amide bonds. The molecule has 0 bridgehead atoms. The number of aromatic nitrogens is 2. The third-order valence-electron chi connectivity index (χ3n) is 5.44. The van der Waals surface area contributed by atoms with E-state index in [1.807, 2.05) is 73.8 Å². The molecule has 32 heavy (non-hydrogen) atoms. The molecule has 3 aromatic carbocycles. The average Bonchev–Trinajstić information content (AvgIpc) is 3.12. The van der Waals surface area contributed by atoms with Gasteiger partial charge in [0.2, 0.25) is 0 Å². The van der Waals surface area contributed by atoms with Crippen LogP contribution in [0.2, 0.25) is 5.02 Å². The number of carbonyl (C=O) groups excluding carboxylic acids is 1. The number of amides is 1. The summed E-state index contributed by atoms with van der Waals surface area (Å²) in [5.41, 5.74) is 7.34. The van der Waals surface area contributed by atoms with Gasteiger partial charge in [-0.2, -0.15) is 5.10 Å². The van der Waals surface area contributed by atoms with Gasteiger partial charge in [0.05, 0.1) is 17.4 Å². The predicted octanol–water partition coefficient (Wildman–Crippen LogP) is 5.81. The molecular weight excluding hydrogens is 420 g/mol. The number of aryl methyl sites for hydroxylation is 1. The van der Waals surface area contributed by atoms with Crippen molar-refractivity contribution in [3.05, 3.63) is 101 Å². The molecule has 0 aliphatic rings. The first kappa shape index (κ1) is 20.0. The lowest BCUT2D eigenvalue weighted by atomic mass is 10.1. The molecule has 0 unspecified atom stereocenters. The van der Waals surface area contributed by atoms with Crippen LogP contribution in [0.4, 0.5) is 0 Å². The van der Waals surface area contributed by atoms with Crippen LogP contribution in [0, 0.1) is 0 Å². The molecule has 5 nitrogen and oxygen atoms in total. The molecule has 0 atom stereocenters. The van der Waals surface area contributed by atoms with Gasteiger partial charge in [-0.25, -0.2) is 10.4 Å². The zero-order valence-corrected chi connectivity index (χ0v) is 18.0. The van der Waals surface area contributed by atoms with Crippen molar-refractivity contribution in [2.24, 2.45) is 12.1 Å². The number of hydrogen-bond donors (Lipinski definition) is 1. The molecule has 0 spiro atoms. The summed E-state index contributed by atoms with van der Waals surface area (Å²) in [7, 11) is 2.02. The number of pyridine rings is 1. The zero-order chi connectivity index (χ0) is 22.1. The van der Waals surface area contributed by atoms with Crippen LogP contribution in [-0.2, 0) is 7.05 Å². The monoisotopic (exact) mass is 438 g/mol. The maximum atomic E-state index is 13.0. The fourth-order valence-corrected chi connectivity index (χ4v) is 4.09. The zero-order valence-electron chi connectivity index (χ0n) is 17.3. The molecule has 1 N–H and O–H groups in total. The number of para-hydroxylation sites is 1. The van der Waals surface area contributed by atoms with E-state index in [9.17, 15) is 4.79 Å².